The van der Waals surface area contributed by atoms with Crippen molar-refractivity contribution in [1.29, 1.82) is 0 Å². The van der Waals surface area contributed by atoms with Crippen molar-refractivity contribution < 1.29 is 36.3 Å². The Morgan fingerprint density at radius 1 is 1.28 bits per heavy atom. The topological polar surface area (TPSA) is 119 Å². The van der Waals surface area contributed by atoms with E-state index in [1.54, 1.807) is 7.05 Å². The zero-order chi connectivity index (χ0) is 28.7. The molecule has 2 amide bonds. The van der Waals surface area contributed by atoms with Gasteiger partial charge in [0.05, 0.1) is 29.3 Å². The van der Waals surface area contributed by atoms with E-state index in [0.29, 0.717) is 5.52 Å². The monoisotopic (exact) mass is 509 g/mol. The third-order valence-corrected chi connectivity index (χ3v) is 5.74. The summed E-state index contributed by atoms with van der Waals surface area (Å²) in [7, 11) is 3.68. The van der Waals surface area contributed by atoms with Crippen LogP contribution in [-0.2, 0) is 16.6 Å². The van der Waals surface area contributed by atoms with Crippen LogP contribution >= 0.6 is 0 Å². The number of rotatable bonds is 8. The van der Waals surface area contributed by atoms with Gasteiger partial charge >= 0.3 is 6.18 Å². The maximum absolute atomic E-state index is 13.7. The number of carbonyl (C=O) groups excluding carboxylic acids is 2. The number of carbonyl (C=O) groups is 2. The Hall–Kier alpha value is -3.87. The molecule has 1 saturated carbocycles. The number of pyridine rings is 1. The van der Waals surface area contributed by atoms with Gasteiger partial charge in [-0.15, -0.1) is 0 Å². The Morgan fingerprint density at radius 3 is 2.64 bits per heavy atom. The number of nitrogens with zero attached hydrogens (tertiary/aromatic N) is 3. The predicted molar refractivity (Wildman–Crippen MR) is 125 cm³/mol. The maximum Gasteiger partial charge on any atom is 0.418 e. The van der Waals surface area contributed by atoms with E-state index in [0.717, 1.165) is 26.1 Å². The van der Waals surface area contributed by atoms with Gasteiger partial charge in [0, 0.05) is 49.0 Å². The standard InChI is InChI=1S/C23H25F3N6O4/c1-27-22(34)13-10-28-16(30-21(33)11-5-6-11)9-14(13)29-20-17-15(32(2)31-20)8-7-12(18(17)35-3)19(36-4)23(24,25)26/h7-11,19H,5-6H2,1-4H3,(H,27,34)(H2,28,29,30,31,33)/i1D3. The molecular formula is C23H25F3N6O4. The molecule has 0 bridgehead atoms. The van der Waals surface area contributed by atoms with Gasteiger partial charge < -0.3 is 25.4 Å². The summed E-state index contributed by atoms with van der Waals surface area (Å²) in [5.41, 5.74) is -0.137. The van der Waals surface area contributed by atoms with Crippen LogP contribution in [-0.4, -0.2) is 54.0 Å². The normalized spacial score (nSPS) is 16.0. The number of nitrogens with one attached hydrogen (secondary N) is 3. The first-order valence-electron chi connectivity index (χ1n) is 12.3. The molecule has 3 aromatic rings. The fourth-order valence-electron chi connectivity index (χ4n) is 3.87. The van der Waals surface area contributed by atoms with Crippen LogP contribution in [0.4, 0.5) is 30.5 Å². The lowest BCUT2D eigenvalue weighted by Crippen LogP contribution is -2.23. The highest BCUT2D eigenvalue weighted by molar-refractivity contribution is 6.04. The average molecular weight is 510 g/mol. The SMILES string of the molecule is [2H]C([2H])([2H])NC(=O)c1cnc(NC(=O)C2CC2)cc1Nc1nn(C)c2ccc(C(OC)C(F)(F)F)c(OC)c12. The van der Waals surface area contributed by atoms with Gasteiger partial charge in [0.1, 0.15) is 11.6 Å². The molecule has 36 heavy (non-hydrogen) atoms. The minimum absolute atomic E-state index is 0.00293. The van der Waals surface area contributed by atoms with Crippen molar-refractivity contribution in [3.63, 3.8) is 0 Å². The zero-order valence-electron chi connectivity index (χ0n) is 22.5. The Kier molecular flexibility index (Phi) is 5.74. The number of alkyl halides is 3. The number of ether oxygens (including phenoxy) is 2. The first kappa shape index (κ1) is 21.4. The molecule has 1 fully saturated rings. The van der Waals surface area contributed by atoms with Crippen molar-refractivity contribution in [3.8, 4) is 5.75 Å². The number of aryl methyl sites for hydroxylation is 1. The lowest BCUT2D eigenvalue weighted by molar-refractivity contribution is -0.216. The lowest BCUT2D eigenvalue weighted by Gasteiger charge is -2.22. The molecule has 1 aliphatic carbocycles. The van der Waals surface area contributed by atoms with E-state index >= 15 is 0 Å². The van der Waals surface area contributed by atoms with E-state index in [9.17, 15) is 22.8 Å². The van der Waals surface area contributed by atoms with E-state index in [1.165, 1.54) is 30.0 Å². The second-order valence-corrected chi connectivity index (χ2v) is 8.17. The highest BCUT2D eigenvalue weighted by Crippen LogP contribution is 2.44. The summed E-state index contributed by atoms with van der Waals surface area (Å²) >= 11 is 0. The summed E-state index contributed by atoms with van der Waals surface area (Å²) in [6.45, 7) is -2.81. The molecule has 2 aromatic heterocycles. The van der Waals surface area contributed by atoms with E-state index in [4.69, 9.17) is 13.6 Å². The summed E-state index contributed by atoms with van der Waals surface area (Å²) in [6, 6.07) is 3.94. The Balaban J connectivity index is 1.84. The third-order valence-electron chi connectivity index (χ3n) is 5.74. The van der Waals surface area contributed by atoms with E-state index in [-0.39, 0.29) is 51.4 Å². The first-order valence-corrected chi connectivity index (χ1v) is 10.8. The molecular weight excluding hydrogens is 481 g/mol. The number of anilines is 3. The fourth-order valence-corrected chi connectivity index (χ4v) is 3.87. The predicted octanol–water partition coefficient (Wildman–Crippen LogP) is 3.68. The van der Waals surface area contributed by atoms with Crippen LogP contribution in [0.1, 0.15) is 39.0 Å². The number of benzene rings is 1. The average Bonchev–Trinajstić information content (AvgIpc) is 3.63. The van der Waals surface area contributed by atoms with Gasteiger partial charge in [0.2, 0.25) is 5.91 Å². The van der Waals surface area contributed by atoms with Gasteiger partial charge in [-0.25, -0.2) is 4.98 Å². The Morgan fingerprint density at radius 2 is 2.03 bits per heavy atom. The van der Waals surface area contributed by atoms with Crippen molar-refractivity contribution in [2.24, 2.45) is 13.0 Å². The van der Waals surface area contributed by atoms with Crippen LogP contribution < -0.4 is 20.7 Å². The molecule has 1 unspecified atom stereocenters. The number of halogens is 3. The summed E-state index contributed by atoms with van der Waals surface area (Å²) in [4.78, 5) is 29.1. The molecule has 192 valence electrons. The number of aromatic nitrogens is 3. The van der Waals surface area contributed by atoms with Gasteiger partial charge in [-0.3, -0.25) is 14.3 Å². The Labute approximate surface area is 208 Å². The van der Waals surface area contributed by atoms with Crippen LogP contribution in [0.15, 0.2) is 24.4 Å². The number of fused-ring (bicyclic) bond motifs is 1. The van der Waals surface area contributed by atoms with Crippen LogP contribution in [0.2, 0.25) is 0 Å². The molecule has 1 atom stereocenters. The van der Waals surface area contributed by atoms with Crippen molar-refractivity contribution in [2.45, 2.75) is 25.1 Å². The van der Waals surface area contributed by atoms with Crippen LogP contribution in [0.5, 0.6) is 5.75 Å². The molecule has 3 N–H and O–H groups in total. The highest BCUT2D eigenvalue weighted by atomic mass is 19.4. The van der Waals surface area contributed by atoms with Crippen molar-refractivity contribution >= 4 is 40.0 Å². The van der Waals surface area contributed by atoms with Crippen LogP contribution in [0, 0.1) is 5.92 Å². The molecule has 13 heteroatoms. The second-order valence-electron chi connectivity index (χ2n) is 8.17. The van der Waals surface area contributed by atoms with Crippen LogP contribution in [0.25, 0.3) is 10.9 Å². The fraction of sp³-hybridized carbons (Fsp3) is 0.391. The molecule has 1 aromatic carbocycles. The number of amides is 2. The van der Waals surface area contributed by atoms with E-state index < -0.39 is 25.2 Å². The quantitative estimate of drug-likeness (QED) is 0.424. The molecule has 0 aliphatic heterocycles. The molecule has 2 heterocycles. The number of hydrogen-bond acceptors (Lipinski definition) is 7. The third kappa shape index (κ3) is 4.78. The van der Waals surface area contributed by atoms with Gasteiger partial charge in [0.15, 0.2) is 11.9 Å². The molecule has 1 aliphatic rings. The first-order chi connectivity index (χ1) is 18.2. The summed E-state index contributed by atoms with van der Waals surface area (Å²) < 4.78 is 74.7. The summed E-state index contributed by atoms with van der Waals surface area (Å²) in [5.74, 6) is -1.51. The minimum Gasteiger partial charge on any atom is -0.496 e. The van der Waals surface area contributed by atoms with E-state index in [1.807, 2.05) is 5.32 Å². The van der Waals surface area contributed by atoms with Gasteiger partial charge in [-0.05, 0) is 18.9 Å². The molecule has 0 saturated heterocycles. The zero-order valence-corrected chi connectivity index (χ0v) is 19.5. The van der Waals surface area contributed by atoms with Crippen molar-refractivity contribution in [2.75, 3.05) is 31.8 Å². The lowest BCUT2D eigenvalue weighted by atomic mass is 10.0. The van der Waals surface area contributed by atoms with Crippen molar-refractivity contribution in [3.05, 3.63) is 35.5 Å². The van der Waals surface area contributed by atoms with Crippen LogP contribution in [0.3, 0.4) is 0 Å². The van der Waals surface area contributed by atoms with Crippen molar-refractivity contribution in [1.82, 2.24) is 20.1 Å². The largest absolute Gasteiger partial charge is 0.496 e. The smallest absolute Gasteiger partial charge is 0.418 e. The molecule has 0 spiro atoms. The number of hydrogen-bond donors (Lipinski definition) is 3. The summed E-state index contributed by atoms with van der Waals surface area (Å²) in [6.07, 6.45) is -4.50. The van der Waals surface area contributed by atoms with Gasteiger partial charge in [-0.2, -0.15) is 18.3 Å². The maximum atomic E-state index is 13.7. The number of methoxy groups -OCH3 is 2. The Bertz CT molecular complexity index is 1420. The molecule has 4 rings (SSSR count). The van der Waals surface area contributed by atoms with E-state index in [2.05, 4.69) is 20.7 Å². The summed E-state index contributed by atoms with van der Waals surface area (Å²) in [5, 5.41) is 11.9. The second kappa shape index (κ2) is 9.64. The highest BCUT2D eigenvalue weighted by Gasteiger charge is 2.43. The molecule has 0 radical (unpaired) electrons. The minimum atomic E-state index is -4.74. The molecule has 10 nitrogen and oxygen atoms in total. The van der Waals surface area contributed by atoms with Gasteiger partial charge in [0.25, 0.3) is 5.91 Å². The van der Waals surface area contributed by atoms with Gasteiger partial charge in [-0.1, -0.05) is 6.07 Å².